The van der Waals surface area contributed by atoms with Crippen molar-refractivity contribution < 1.29 is 9.47 Å². The summed E-state index contributed by atoms with van der Waals surface area (Å²) in [5, 5.41) is 8.24. The first kappa shape index (κ1) is 20.3. The van der Waals surface area contributed by atoms with E-state index in [1.54, 1.807) is 10.9 Å². The Morgan fingerprint density at radius 2 is 2.04 bits per heavy atom. The molecule has 0 atom stereocenters. The summed E-state index contributed by atoms with van der Waals surface area (Å²) in [4.78, 5) is 4.50. The molecule has 1 saturated carbocycles. The molecule has 1 aliphatic heterocycles. The van der Waals surface area contributed by atoms with Crippen molar-refractivity contribution in [2.45, 2.75) is 65.5 Å². The number of pyridine rings is 1. The smallest absolute Gasteiger partial charge is 0.148 e. The molecule has 0 spiro atoms. The van der Waals surface area contributed by atoms with E-state index in [9.17, 15) is 0 Å². The van der Waals surface area contributed by atoms with Crippen molar-refractivity contribution in [2.24, 2.45) is 5.92 Å². The first-order valence-corrected chi connectivity index (χ1v) is 10.3. The van der Waals surface area contributed by atoms with Gasteiger partial charge in [0.05, 0.1) is 12.3 Å². The van der Waals surface area contributed by atoms with Gasteiger partial charge in [-0.05, 0) is 58.9 Å². The molecular weight excluding hydrogens is 352 g/mol. The van der Waals surface area contributed by atoms with E-state index in [0.717, 1.165) is 31.0 Å². The van der Waals surface area contributed by atoms with Gasteiger partial charge in [-0.1, -0.05) is 17.1 Å². The third kappa shape index (κ3) is 6.35. The highest BCUT2D eigenvalue weighted by atomic mass is 16.5. The number of aryl methyl sites for hydroxylation is 1. The van der Waals surface area contributed by atoms with Crippen LogP contribution >= 0.6 is 0 Å². The Balaban J connectivity index is 0.000000320. The van der Waals surface area contributed by atoms with Crippen LogP contribution in [0.3, 0.4) is 0 Å². The fraction of sp³-hybridized carbons (Fsp3) is 0.591. The molecule has 3 heterocycles. The highest BCUT2D eigenvalue weighted by Crippen LogP contribution is 2.29. The summed E-state index contributed by atoms with van der Waals surface area (Å²) < 4.78 is 12.7. The van der Waals surface area contributed by atoms with Gasteiger partial charge in [0.1, 0.15) is 17.1 Å². The lowest BCUT2D eigenvalue weighted by atomic mass is 10.2. The number of ether oxygens (including phenoxy) is 2. The van der Waals surface area contributed by atoms with Crippen molar-refractivity contribution in [1.82, 2.24) is 20.0 Å². The van der Waals surface area contributed by atoms with Crippen molar-refractivity contribution in [3.05, 3.63) is 24.0 Å². The van der Waals surface area contributed by atoms with E-state index in [-0.39, 0.29) is 6.10 Å². The average molecular weight is 383 g/mol. The van der Waals surface area contributed by atoms with Gasteiger partial charge in [-0.15, -0.1) is 5.10 Å². The Bertz CT molecular complexity index is 800. The fourth-order valence-electron chi connectivity index (χ4n) is 2.71. The van der Waals surface area contributed by atoms with Crippen molar-refractivity contribution >= 4 is 0 Å². The molecule has 1 aliphatic carbocycles. The molecule has 0 N–H and O–H groups in total. The van der Waals surface area contributed by atoms with E-state index in [1.807, 2.05) is 33.0 Å². The van der Waals surface area contributed by atoms with Gasteiger partial charge >= 0.3 is 0 Å². The van der Waals surface area contributed by atoms with Crippen LogP contribution in [0.15, 0.2) is 18.5 Å². The Labute approximate surface area is 167 Å². The summed E-state index contributed by atoms with van der Waals surface area (Å²) in [6.07, 6.45) is 10.1. The second kappa shape index (κ2) is 10.2. The molecule has 28 heavy (non-hydrogen) atoms. The third-order valence-electron chi connectivity index (χ3n) is 4.40. The third-order valence-corrected chi connectivity index (χ3v) is 4.40. The number of aromatic nitrogens is 4. The van der Waals surface area contributed by atoms with Gasteiger partial charge in [-0.2, -0.15) is 0 Å². The van der Waals surface area contributed by atoms with Crippen molar-refractivity contribution in [3.8, 4) is 29.0 Å². The van der Waals surface area contributed by atoms with Crippen molar-refractivity contribution in [1.29, 1.82) is 0 Å². The Hall–Kier alpha value is -2.39. The van der Waals surface area contributed by atoms with Crippen LogP contribution in [-0.4, -0.2) is 39.3 Å². The minimum absolute atomic E-state index is 0.0633. The van der Waals surface area contributed by atoms with Gasteiger partial charge in [-0.3, -0.25) is 4.68 Å². The summed E-state index contributed by atoms with van der Waals surface area (Å²) in [6, 6.07) is 1.95. The Kier molecular flexibility index (Phi) is 7.44. The van der Waals surface area contributed by atoms with Gasteiger partial charge in [-0.25, -0.2) is 4.98 Å². The monoisotopic (exact) mass is 382 g/mol. The molecule has 2 aromatic heterocycles. The lowest BCUT2D eigenvalue weighted by Gasteiger charge is -2.12. The van der Waals surface area contributed by atoms with Gasteiger partial charge in [0, 0.05) is 37.4 Å². The van der Waals surface area contributed by atoms with E-state index in [1.165, 1.54) is 32.1 Å². The molecule has 2 fully saturated rings. The van der Waals surface area contributed by atoms with E-state index in [4.69, 9.17) is 9.47 Å². The molecule has 6 heteroatoms. The molecule has 0 radical (unpaired) electrons. The van der Waals surface area contributed by atoms with Crippen LogP contribution in [0.5, 0.6) is 5.75 Å². The molecule has 0 unspecified atom stereocenters. The maximum absolute atomic E-state index is 5.90. The highest BCUT2D eigenvalue weighted by Gasteiger charge is 2.18. The molecule has 2 aromatic rings. The minimum atomic E-state index is 0.0633. The standard InChI is InChI=1S/C17H20N4O.C5H10O/c1-4-21-11-15(19-20-21)17-16(22-12(2)3)9-14(10-18-17)8-7-13-5-6-13;1-2-4-6-5-3-1/h9-13H,4-6H2,1-3H3;1-5H2. The van der Waals surface area contributed by atoms with Crippen LogP contribution in [0.1, 0.15) is 58.4 Å². The molecule has 2 aliphatic rings. The zero-order chi connectivity index (χ0) is 19.8. The number of hydrogen-bond acceptors (Lipinski definition) is 5. The maximum Gasteiger partial charge on any atom is 0.148 e. The summed E-state index contributed by atoms with van der Waals surface area (Å²) in [7, 11) is 0. The molecule has 0 bridgehead atoms. The number of rotatable bonds is 4. The first-order valence-electron chi connectivity index (χ1n) is 10.3. The Morgan fingerprint density at radius 1 is 1.25 bits per heavy atom. The van der Waals surface area contributed by atoms with Crippen molar-refractivity contribution in [3.63, 3.8) is 0 Å². The van der Waals surface area contributed by atoms with Gasteiger partial charge in [0.15, 0.2) is 0 Å². The summed E-state index contributed by atoms with van der Waals surface area (Å²) in [6.45, 7) is 8.79. The normalized spacial score (nSPS) is 16.0. The molecular formula is C22H30N4O2. The van der Waals surface area contributed by atoms with Crippen LogP contribution in [0.25, 0.3) is 11.4 Å². The topological polar surface area (TPSA) is 62.1 Å². The van der Waals surface area contributed by atoms with Crippen LogP contribution in [-0.2, 0) is 11.3 Å². The molecule has 6 nitrogen and oxygen atoms in total. The van der Waals surface area contributed by atoms with Gasteiger partial charge in [0.2, 0.25) is 0 Å². The van der Waals surface area contributed by atoms with Gasteiger partial charge < -0.3 is 9.47 Å². The molecule has 0 amide bonds. The quantitative estimate of drug-likeness (QED) is 0.745. The highest BCUT2D eigenvalue weighted by molar-refractivity contribution is 5.63. The molecule has 1 saturated heterocycles. The number of hydrogen-bond donors (Lipinski definition) is 0. The second-order valence-electron chi connectivity index (χ2n) is 7.41. The van der Waals surface area contributed by atoms with Crippen LogP contribution in [0, 0.1) is 17.8 Å². The first-order chi connectivity index (χ1) is 13.7. The van der Waals surface area contributed by atoms with E-state index >= 15 is 0 Å². The second-order valence-corrected chi connectivity index (χ2v) is 7.41. The zero-order valence-electron chi connectivity index (χ0n) is 17.1. The SMILES string of the molecule is C1CCOCC1.CCn1cc(-c2ncc(C#CC3CC3)cc2OC(C)C)nn1. The zero-order valence-corrected chi connectivity index (χ0v) is 17.1. The molecule has 4 rings (SSSR count). The minimum Gasteiger partial charge on any atom is -0.489 e. The molecule has 0 aromatic carbocycles. The Morgan fingerprint density at radius 3 is 2.57 bits per heavy atom. The largest absolute Gasteiger partial charge is 0.489 e. The van der Waals surface area contributed by atoms with Crippen LogP contribution in [0.2, 0.25) is 0 Å². The number of nitrogens with zero attached hydrogens (tertiary/aromatic N) is 4. The molecule has 150 valence electrons. The van der Waals surface area contributed by atoms with E-state index < -0.39 is 0 Å². The fourth-order valence-corrected chi connectivity index (χ4v) is 2.71. The average Bonchev–Trinajstić information content (AvgIpc) is 3.43. The summed E-state index contributed by atoms with van der Waals surface area (Å²) in [5.74, 6) is 7.71. The lowest BCUT2D eigenvalue weighted by Crippen LogP contribution is -2.07. The predicted octanol–water partition coefficient (Wildman–Crippen LogP) is 4.10. The van der Waals surface area contributed by atoms with E-state index in [2.05, 4.69) is 27.1 Å². The van der Waals surface area contributed by atoms with Crippen LogP contribution in [0.4, 0.5) is 0 Å². The summed E-state index contributed by atoms with van der Waals surface area (Å²) in [5.41, 5.74) is 2.32. The van der Waals surface area contributed by atoms with E-state index in [0.29, 0.717) is 17.4 Å². The van der Waals surface area contributed by atoms with Crippen LogP contribution < -0.4 is 4.74 Å². The van der Waals surface area contributed by atoms with Gasteiger partial charge in [0.25, 0.3) is 0 Å². The predicted molar refractivity (Wildman–Crippen MR) is 109 cm³/mol. The summed E-state index contributed by atoms with van der Waals surface area (Å²) >= 11 is 0. The maximum atomic E-state index is 5.90. The van der Waals surface area contributed by atoms with Crippen molar-refractivity contribution in [2.75, 3.05) is 13.2 Å². The lowest BCUT2D eigenvalue weighted by molar-refractivity contribution is 0.0968.